The number of fused-ring (bicyclic) bond motifs is 1. The van der Waals surface area contributed by atoms with Gasteiger partial charge in [0.1, 0.15) is 0 Å². The Hall–Kier alpha value is -3.18. The van der Waals surface area contributed by atoms with E-state index in [1.54, 1.807) is 0 Å². The Labute approximate surface area is 263 Å². The van der Waals surface area contributed by atoms with E-state index in [1.165, 1.54) is 22.9 Å². The first-order valence-corrected chi connectivity index (χ1v) is 16.0. The van der Waals surface area contributed by atoms with Crippen molar-refractivity contribution in [1.82, 2.24) is 14.7 Å². The zero-order valence-electron chi connectivity index (χ0n) is 25.0. The van der Waals surface area contributed by atoms with Crippen molar-refractivity contribution < 1.29 is 37.4 Å². The van der Waals surface area contributed by atoms with Crippen LogP contribution in [0.3, 0.4) is 0 Å². The van der Waals surface area contributed by atoms with Crippen molar-refractivity contribution in [3.8, 4) is 0 Å². The monoisotopic (exact) mass is 645 g/mol. The first-order valence-electron chi connectivity index (χ1n) is 15.6. The minimum atomic E-state index is -4.56. The summed E-state index contributed by atoms with van der Waals surface area (Å²) in [5, 5.41) is 14.2. The normalized spacial score (nSPS) is 26.6. The number of carboxylic acid groups (broad SMARTS) is 1. The molecule has 5 aliphatic rings. The molecular weight excluding hydrogens is 611 g/mol. The van der Waals surface area contributed by atoms with Crippen LogP contribution in [0.2, 0.25) is 5.02 Å². The largest absolute Gasteiger partial charge is 0.481 e. The van der Waals surface area contributed by atoms with Crippen LogP contribution in [0.5, 0.6) is 0 Å². The fraction of sp³-hybridized carbons (Fsp3) is 0.576. The van der Waals surface area contributed by atoms with Gasteiger partial charge < -0.3 is 14.7 Å². The van der Waals surface area contributed by atoms with Crippen LogP contribution in [0.15, 0.2) is 24.3 Å². The van der Waals surface area contributed by atoms with E-state index in [0.29, 0.717) is 69.8 Å². The number of carbonyl (C=O) groups is 3. The number of benzene rings is 1. The second-order valence-corrected chi connectivity index (χ2v) is 14.4. The standard InChI is InChI=1S/C33H35ClF3N3O5/c1-30(29(44)39-14-13-31(16-39)17-45-18-31)10-9-21-24(15-30)40(38-26(21)19-5-7-20(8-6-19)28(42)43)27(41)25-22(3-2-4-23(25)34)32(11-12-32)33(35,36)37/h2-5,20H,6-18H2,1H3,(H,42,43)/t20-,30-/m1/s1. The van der Waals surface area contributed by atoms with Gasteiger partial charge >= 0.3 is 12.1 Å². The lowest BCUT2D eigenvalue weighted by atomic mass is 9.72. The Morgan fingerprint density at radius 1 is 1.11 bits per heavy atom. The van der Waals surface area contributed by atoms with Crippen molar-refractivity contribution in [3.05, 3.63) is 57.4 Å². The zero-order chi connectivity index (χ0) is 31.9. The average Bonchev–Trinajstić information content (AvgIpc) is 3.55. The van der Waals surface area contributed by atoms with Crippen LogP contribution in [-0.4, -0.2) is 70.1 Å². The molecule has 0 radical (unpaired) electrons. The predicted octanol–water partition coefficient (Wildman–Crippen LogP) is 5.83. The quantitative estimate of drug-likeness (QED) is 0.439. The second kappa shape index (κ2) is 10.4. The number of aromatic nitrogens is 2. The molecule has 8 nitrogen and oxygen atoms in total. The van der Waals surface area contributed by atoms with E-state index < -0.39 is 34.8 Å². The number of allylic oxidation sites excluding steroid dienone is 2. The maximum atomic E-state index is 14.4. The third-order valence-corrected chi connectivity index (χ3v) is 11.2. The van der Waals surface area contributed by atoms with Gasteiger partial charge in [-0.25, -0.2) is 0 Å². The summed E-state index contributed by atoms with van der Waals surface area (Å²) in [5.74, 6) is -2.14. The van der Waals surface area contributed by atoms with Gasteiger partial charge in [0.05, 0.1) is 51.9 Å². The summed E-state index contributed by atoms with van der Waals surface area (Å²) >= 11 is 6.51. The summed E-state index contributed by atoms with van der Waals surface area (Å²) in [6, 6.07) is 4.17. The minimum absolute atomic E-state index is 0.00714. The average molecular weight is 646 g/mol. The Balaban J connectivity index is 1.30. The SMILES string of the molecule is C[C@@]1(C(=O)N2CCC3(COC3)C2)CCc2c(C3=CC[C@@H](C(=O)O)CC3)nn(C(=O)c3c(Cl)cccc3C3(C(F)(F)F)CC3)c2C1. The van der Waals surface area contributed by atoms with E-state index in [1.807, 2.05) is 17.9 Å². The van der Waals surface area contributed by atoms with Gasteiger partial charge in [0.25, 0.3) is 5.91 Å². The van der Waals surface area contributed by atoms with Crippen molar-refractivity contribution in [2.24, 2.45) is 16.7 Å². The highest BCUT2D eigenvalue weighted by atomic mass is 35.5. The molecule has 3 aliphatic carbocycles. The number of likely N-dealkylation sites (tertiary alicyclic amines) is 1. The molecule has 12 heteroatoms. The van der Waals surface area contributed by atoms with E-state index in [0.717, 1.165) is 17.6 Å². The van der Waals surface area contributed by atoms with Crippen molar-refractivity contribution >= 4 is 35.0 Å². The molecular formula is C33H35ClF3N3O5. The van der Waals surface area contributed by atoms with Crippen molar-refractivity contribution in [3.63, 3.8) is 0 Å². The lowest BCUT2D eigenvalue weighted by molar-refractivity contribution is -0.160. The summed E-state index contributed by atoms with van der Waals surface area (Å²) < 4.78 is 49.6. The number of nitrogens with zero attached hydrogens (tertiary/aromatic N) is 3. The first kappa shape index (κ1) is 30.5. The molecule has 3 heterocycles. The van der Waals surface area contributed by atoms with Crippen LogP contribution in [0.4, 0.5) is 13.2 Å². The lowest BCUT2D eigenvalue weighted by Crippen LogP contribution is -2.49. The predicted molar refractivity (Wildman–Crippen MR) is 158 cm³/mol. The number of ether oxygens (including phenoxy) is 1. The first-order chi connectivity index (χ1) is 21.3. The van der Waals surface area contributed by atoms with E-state index in [2.05, 4.69) is 0 Å². The highest BCUT2D eigenvalue weighted by Gasteiger charge is 2.65. The Bertz CT molecular complexity index is 1640. The van der Waals surface area contributed by atoms with Crippen LogP contribution < -0.4 is 0 Å². The number of hydrogen-bond acceptors (Lipinski definition) is 5. The topological polar surface area (TPSA) is 102 Å². The molecule has 3 fully saturated rings. The molecule has 1 N–H and O–H groups in total. The summed E-state index contributed by atoms with van der Waals surface area (Å²) in [6.07, 6.45) is 0.226. The summed E-state index contributed by atoms with van der Waals surface area (Å²) in [5.41, 5.74) is -0.710. The van der Waals surface area contributed by atoms with Gasteiger partial charge in [-0.1, -0.05) is 36.7 Å². The number of hydrogen-bond donors (Lipinski definition) is 1. The fourth-order valence-corrected chi connectivity index (χ4v) is 8.12. The fourth-order valence-electron chi connectivity index (χ4n) is 7.86. The van der Waals surface area contributed by atoms with E-state index in [4.69, 9.17) is 21.4 Å². The molecule has 7 rings (SSSR count). The number of rotatable bonds is 5. The third-order valence-electron chi connectivity index (χ3n) is 10.9. The van der Waals surface area contributed by atoms with Gasteiger partial charge in [-0.3, -0.25) is 14.4 Å². The van der Waals surface area contributed by atoms with Gasteiger partial charge in [0.15, 0.2) is 0 Å². The molecule has 1 aromatic heterocycles. The minimum Gasteiger partial charge on any atom is -0.481 e. The number of amides is 1. The summed E-state index contributed by atoms with van der Waals surface area (Å²) in [4.78, 5) is 41.9. The molecule has 2 atom stereocenters. The van der Waals surface area contributed by atoms with Crippen LogP contribution in [0.1, 0.15) is 84.7 Å². The van der Waals surface area contributed by atoms with Crippen LogP contribution in [0.25, 0.3) is 5.57 Å². The molecule has 1 saturated carbocycles. The van der Waals surface area contributed by atoms with E-state index >= 15 is 0 Å². The maximum Gasteiger partial charge on any atom is 0.398 e. The highest BCUT2D eigenvalue weighted by molar-refractivity contribution is 6.34. The summed E-state index contributed by atoms with van der Waals surface area (Å²) in [6.45, 7) is 4.43. The Morgan fingerprint density at radius 3 is 2.44 bits per heavy atom. The van der Waals surface area contributed by atoms with Crippen molar-refractivity contribution in [2.45, 2.75) is 76.3 Å². The van der Waals surface area contributed by atoms with Crippen LogP contribution >= 0.6 is 11.6 Å². The van der Waals surface area contributed by atoms with Crippen LogP contribution in [0, 0.1) is 16.7 Å². The van der Waals surface area contributed by atoms with Gasteiger partial charge in [0, 0.05) is 30.5 Å². The van der Waals surface area contributed by atoms with Crippen molar-refractivity contribution in [1.29, 1.82) is 0 Å². The molecule has 240 valence electrons. The number of aliphatic carboxylic acids is 1. The molecule has 1 amide bonds. The number of carbonyl (C=O) groups excluding carboxylic acids is 2. The molecule has 2 aliphatic heterocycles. The number of alkyl halides is 3. The van der Waals surface area contributed by atoms with Gasteiger partial charge in [0.2, 0.25) is 5.91 Å². The smallest absolute Gasteiger partial charge is 0.398 e. The Morgan fingerprint density at radius 2 is 1.87 bits per heavy atom. The lowest BCUT2D eigenvalue weighted by Gasteiger charge is -2.40. The van der Waals surface area contributed by atoms with Crippen LogP contribution in [-0.2, 0) is 32.6 Å². The molecule has 2 aromatic rings. The molecule has 1 aromatic carbocycles. The maximum absolute atomic E-state index is 14.4. The molecule has 1 spiro atoms. The van der Waals surface area contributed by atoms with Crippen molar-refractivity contribution in [2.75, 3.05) is 26.3 Å². The molecule has 2 saturated heterocycles. The second-order valence-electron chi connectivity index (χ2n) is 14.0. The molecule has 0 unspecified atom stereocenters. The summed E-state index contributed by atoms with van der Waals surface area (Å²) in [7, 11) is 0. The van der Waals surface area contributed by atoms with E-state index in [-0.39, 0.29) is 46.7 Å². The highest BCUT2D eigenvalue weighted by Crippen LogP contribution is 2.60. The molecule has 45 heavy (non-hydrogen) atoms. The van der Waals surface area contributed by atoms with Gasteiger partial charge in [-0.15, -0.1) is 0 Å². The molecule has 0 bridgehead atoms. The van der Waals surface area contributed by atoms with E-state index in [9.17, 15) is 32.7 Å². The zero-order valence-corrected chi connectivity index (χ0v) is 25.8. The third kappa shape index (κ3) is 4.83. The Kier molecular flexibility index (Phi) is 7.06. The van der Waals surface area contributed by atoms with Gasteiger partial charge in [-0.05, 0) is 68.6 Å². The number of carboxylic acids is 1. The van der Waals surface area contributed by atoms with Gasteiger partial charge in [-0.2, -0.15) is 23.0 Å². The number of halogens is 4.